The summed E-state index contributed by atoms with van der Waals surface area (Å²) >= 11 is 7.03. The number of thioether (sulfide) groups is 1. The van der Waals surface area contributed by atoms with Gasteiger partial charge in [-0.25, -0.2) is 9.98 Å². The van der Waals surface area contributed by atoms with Crippen LogP contribution in [-0.4, -0.2) is 31.6 Å². The van der Waals surface area contributed by atoms with E-state index in [4.69, 9.17) is 11.6 Å². The Morgan fingerprint density at radius 1 is 1.71 bits per heavy atom. The van der Waals surface area contributed by atoms with Gasteiger partial charge in [0, 0.05) is 12.9 Å². The molecule has 1 aromatic rings. The molecule has 1 aliphatic rings. The van der Waals surface area contributed by atoms with Crippen LogP contribution in [0.4, 0.5) is 0 Å². The van der Waals surface area contributed by atoms with Gasteiger partial charge in [-0.15, -0.1) is 11.6 Å². The van der Waals surface area contributed by atoms with Gasteiger partial charge in [-0.2, -0.15) is 0 Å². The minimum Gasteiger partial charge on any atom is -0.332 e. The van der Waals surface area contributed by atoms with Crippen molar-refractivity contribution in [1.29, 1.82) is 0 Å². The summed E-state index contributed by atoms with van der Waals surface area (Å²) in [6.07, 6.45) is 3.37. The van der Waals surface area contributed by atoms with Gasteiger partial charge in [0.05, 0.1) is 18.2 Å². The second kappa shape index (κ2) is 3.74. The first-order valence-corrected chi connectivity index (χ1v) is 5.45. The molecule has 0 radical (unpaired) electrons. The predicted octanol–water partition coefficient (Wildman–Crippen LogP) is 1.05. The number of rotatable bonds is 2. The predicted molar refractivity (Wildman–Crippen MR) is 56.9 cm³/mol. The number of nitrogens with zero attached hydrogens (tertiary/aromatic N) is 3. The van der Waals surface area contributed by atoms with E-state index in [0.29, 0.717) is 10.9 Å². The van der Waals surface area contributed by atoms with Gasteiger partial charge in [0.25, 0.3) is 5.91 Å². The van der Waals surface area contributed by atoms with Crippen LogP contribution in [0, 0.1) is 0 Å². The minimum absolute atomic E-state index is 0.152. The summed E-state index contributed by atoms with van der Waals surface area (Å²) < 4.78 is 1.83. The zero-order valence-electron chi connectivity index (χ0n) is 7.48. The van der Waals surface area contributed by atoms with Crippen LogP contribution in [0.1, 0.15) is 5.69 Å². The van der Waals surface area contributed by atoms with Crippen molar-refractivity contribution in [3.63, 3.8) is 0 Å². The largest absolute Gasteiger partial charge is 0.332 e. The van der Waals surface area contributed by atoms with Crippen LogP contribution < -0.4 is 0 Å². The van der Waals surface area contributed by atoms with Gasteiger partial charge < -0.3 is 4.57 Å². The number of amides is 1. The van der Waals surface area contributed by atoms with Crippen molar-refractivity contribution in [2.24, 2.45) is 12.0 Å². The molecule has 74 valence electrons. The molecule has 0 saturated carbocycles. The molecular formula is C8H8ClN3OS. The maximum Gasteiger partial charge on any atom is 0.261 e. The fraction of sp³-hybridized carbons (Fsp3) is 0.375. The van der Waals surface area contributed by atoms with E-state index in [1.807, 2.05) is 11.6 Å². The number of hydrogen-bond acceptors (Lipinski definition) is 3. The Labute approximate surface area is 90.4 Å². The summed E-state index contributed by atoms with van der Waals surface area (Å²) in [5, 5.41) is 0.474. The molecule has 0 aromatic carbocycles. The summed E-state index contributed by atoms with van der Waals surface area (Å²) in [7, 11) is 1.86. The Kier molecular flexibility index (Phi) is 2.60. The van der Waals surface area contributed by atoms with Crippen LogP contribution in [-0.2, 0) is 11.8 Å². The zero-order chi connectivity index (χ0) is 10.1. The zero-order valence-corrected chi connectivity index (χ0v) is 9.05. The second-order valence-electron chi connectivity index (χ2n) is 2.91. The molecule has 0 aliphatic carbocycles. The Bertz CT molecular complexity index is 401. The van der Waals surface area contributed by atoms with Gasteiger partial charge in [-0.05, 0) is 0 Å². The van der Waals surface area contributed by atoms with Crippen LogP contribution in [0.15, 0.2) is 17.5 Å². The van der Waals surface area contributed by atoms with E-state index < -0.39 is 0 Å². The van der Waals surface area contributed by atoms with Crippen LogP contribution in [0.3, 0.4) is 0 Å². The third-order valence-electron chi connectivity index (χ3n) is 1.92. The van der Waals surface area contributed by atoms with Gasteiger partial charge in [0.1, 0.15) is 10.3 Å². The fourth-order valence-corrected chi connectivity index (χ4v) is 2.43. The number of aliphatic imine (C=N–C) groups is 1. The van der Waals surface area contributed by atoms with E-state index in [2.05, 4.69) is 9.98 Å². The van der Waals surface area contributed by atoms with Crippen LogP contribution in [0.25, 0.3) is 0 Å². The summed E-state index contributed by atoms with van der Waals surface area (Å²) in [6, 6.07) is 0. The van der Waals surface area contributed by atoms with Crippen molar-refractivity contribution in [2.75, 3.05) is 5.88 Å². The molecule has 4 nitrogen and oxygen atoms in total. The molecule has 1 aromatic heterocycles. The summed E-state index contributed by atoms with van der Waals surface area (Å²) in [5.74, 6) is 0.148. The van der Waals surface area contributed by atoms with E-state index in [1.165, 1.54) is 11.8 Å². The summed E-state index contributed by atoms with van der Waals surface area (Å²) in [6.45, 7) is 0. The normalized spacial score (nSPS) is 21.4. The molecule has 0 N–H and O–H groups in total. The van der Waals surface area contributed by atoms with E-state index in [-0.39, 0.29) is 11.2 Å². The summed E-state index contributed by atoms with van der Waals surface area (Å²) in [5.41, 5.74) is 0.857. The van der Waals surface area contributed by atoms with Crippen LogP contribution in [0.2, 0.25) is 0 Å². The maximum absolute atomic E-state index is 11.3. The van der Waals surface area contributed by atoms with E-state index in [0.717, 1.165) is 5.69 Å². The maximum atomic E-state index is 11.3. The lowest BCUT2D eigenvalue weighted by molar-refractivity contribution is -0.116. The number of aromatic nitrogens is 2. The topological polar surface area (TPSA) is 47.2 Å². The highest BCUT2D eigenvalue weighted by Gasteiger charge is 2.29. The summed E-state index contributed by atoms with van der Waals surface area (Å²) in [4.78, 5) is 19.2. The van der Waals surface area contributed by atoms with Crippen LogP contribution >= 0.6 is 23.4 Å². The average Bonchev–Trinajstić information content (AvgIpc) is 2.71. The Morgan fingerprint density at radius 2 is 2.50 bits per heavy atom. The van der Waals surface area contributed by atoms with E-state index >= 15 is 0 Å². The average molecular weight is 230 g/mol. The van der Waals surface area contributed by atoms with Crippen molar-refractivity contribution in [3.05, 3.63) is 18.2 Å². The van der Waals surface area contributed by atoms with Crippen molar-refractivity contribution in [2.45, 2.75) is 5.25 Å². The number of aryl methyl sites for hydroxylation is 1. The van der Waals surface area contributed by atoms with Crippen molar-refractivity contribution >= 4 is 34.3 Å². The standard InChI is InChI=1S/C8H8ClN3OS/c1-12-4-10-3-5(12)8-11-7(13)6(2-9)14-8/h3-4,6H,2H2,1H3. The van der Waals surface area contributed by atoms with E-state index in [9.17, 15) is 4.79 Å². The van der Waals surface area contributed by atoms with Crippen molar-refractivity contribution in [1.82, 2.24) is 9.55 Å². The molecular weight excluding hydrogens is 222 g/mol. The molecule has 6 heteroatoms. The Hall–Kier alpha value is -0.810. The third kappa shape index (κ3) is 1.57. The first kappa shape index (κ1) is 9.73. The second-order valence-corrected chi connectivity index (χ2v) is 4.41. The van der Waals surface area contributed by atoms with E-state index in [1.54, 1.807) is 12.5 Å². The first-order chi connectivity index (χ1) is 6.72. The highest BCUT2D eigenvalue weighted by molar-refractivity contribution is 8.16. The number of carbonyl (C=O) groups excluding carboxylic acids is 1. The van der Waals surface area contributed by atoms with Gasteiger partial charge in [-0.1, -0.05) is 11.8 Å². The molecule has 2 heterocycles. The van der Waals surface area contributed by atoms with Gasteiger partial charge >= 0.3 is 0 Å². The van der Waals surface area contributed by atoms with Gasteiger partial charge in [-0.3, -0.25) is 4.79 Å². The number of carbonyl (C=O) groups is 1. The molecule has 1 aliphatic heterocycles. The molecule has 1 amide bonds. The van der Waals surface area contributed by atoms with Gasteiger partial charge in [0.2, 0.25) is 0 Å². The molecule has 0 bridgehead atoms. The number of alkyl halides is 1. The molecule has 2 rings (SSSR count). The lowest BCUT2D eigenvalue weighted by atomic mass is 10.4. The minimum atomic E-state index is -0.235. The molecule has 1 unspecified atom stereocenters. The van der Waals surface area contributed by atoms with Gasteiger partial charge in [0.15, 0.2) is 0 Å². The molecule has 1 atom stereocenters. The highest BCUT2D eigenvalue weighted by atomic mass is 35.5. The Balaban J connectivity index is 2.27. The van der Waals surface area contributed by atoms with Crippen molar-refractivity contribution in [3.8, 4) is 0 Å². The fourth-order valence-electron chi connectivity index (χ4n) is 1.16. The first-order valence-electron chi connectivity index (χ1n) is 4.04. The van der Waals surface area contributed by atoms with Crippen molar-refractivity contribution < 1.29 is 4.79 Å². The molecule has 14 heavy (non-hydrogen) atoms. The smallest absolute Gasteiger partial charge is 0.261 e. The van der Waals surface area contributed by atoms with Crippen LogP contribution in [0.5, 0.6) is 0 Å². The lowest BCUT2D eigenvalue weighted by Gasteiger charge is -2.01. The molecule has 0 fully saturated rings. The highest BCUT2D eigenvalue weighted by Crippen LogP contribution is 2.27. The third-order valence-corrected chi connectivity index (χ3v) is 3.59. The number of hydrogen-bond donors (Lipinski definition) is 0. The molecule has 0 saturated heterocycles. The SMILES string of the molecule is Cn1cncc1C1=NC(=O)C(CCl)S1. The quantitative estimate of drug-likeness (QED) is 0.713. The number of imidazole rings is 1. The monoisotopic (exact) mass is 229 g/mol. The Morgan fingerprint density at radius 3 is 3.00 bits per heavy atom. The number of halogens is 1. The molecule has 0 spiro atoms. The lowest BCUT2D eigenvalue weighted by Crippen LogP contribution is -2.11.